The van der Waals surface area contributed by atoms with Crippen LogP contribution >= 0.6 is 35.8 Å². The largest absolute Gasteiger partial charge is 0.341 e. The number of amides is 1. The first-order valence-corrected chi connectivity index (χ1v) is 8.16. The lowest BCUT2D eigenvalue weighted by atomic mass is 9.80. The minimum atomic E-state index is -0.00114. The molecule has 1 atom stereocenters. The number of rotatable bonds is 3. The van der Waals surface area contributed by atoms with Crippen molar-refractivity contribution in [1.82, 2.24) is 4.90 Å². The highest BCUT2D eigenvalue weighted by Crippen LogP contribution is 2.28. The van der Waals surface area contributed by atoms with Gasteiger partial charge < -0.3 is 10.6 Å². The number of likely N-dealkylation sites (tertiary alicyclic amines) is 1. The van der Waals surface area contributed by atoms with Gasteiger partial charge in [-0.25, -0.2) is 0 Å². The number of hydrogen-bond acceptors (Lipinski definition) is 3. The fourth-order valence-corrected chi connectivity index (χ4v) is 3.28. The van der Waals surface area contributed by atoms with Gasteiger partial charge in [0, 0.05) is 29.0 Å². The molecule has 2 rings (SSSR count). The van der Waals surface area contributed by atoms with Crippen LogP contribution in [0.25, 0.3) is 0 Å². The number of benzene rings is 1. The highest BCUT2D eigenvalue weighted by molar-refractivity contribution is 8.00. The van der Waals surface area contributed by atoms with Gasteiger partial charge in [-0.3, -0.25) is 4.79 Å². The molecule has 1 aliphatic rings. The predicted octanol–water partition coefficient (Wildman–Crippen LogP) is 3.44. The number of carbonyl (C=O) groups is 1. The maximum absolute atomic E-state index is 12.3. The van der Waals surface area contributed by atoms with E-state index in [4.69, 9.17) is 17.3 Å². The van der Waals surface area contributed by atoms with Crippen molar-refractivity contribution in [3.8, 4) is 0 Å². The maximum atomic E-state index is 12.3. The van der Waals surface area contributed by atoms with Gasteiger partial charge in [0.05, 0.1) is 5.75 Å². The second-order valence-electron chi connectivity index (χ2n) is 5.94. The van der Waals surface area contributed by atoms with Crippen molar-refractivity contribution >= 4 is 41.7 Å². The Morgan fingerprint density at radius 2 is 2.05 bits per heavy atom. The van der Waals surface area contributed by atoms with Crippen molar-refractivity contribution in [2.45, 2.75) is 31.2 Å². The molecule has 0 saturated carbocycles. The molecule has 1 unspecified atom stereocenters. The minimum absolute atomic E-state index is 0. The predicted molar refractivity (Wildman–Crippen MR) is 92.4 cm³/mol. The van der Waals surface area contributed by atoms with Gasteiger partial charge in [-0.2, -0.15) is 0 Å². The third-order valence-electron chi connectivity index (χ3n) is 3.84. The molecule has 1 fully saturated rings. The molecule has 1 aliphatic heterocycles. The Balaban J connectivity index is 0.00000220. The molecule has 1 heterocycles. The van der Waals surface area contributed by atoms with Crippen molar-refractivity contribution in [3.63, 3.8) is 0 Å². The van der Waals surface area contributed by atoms with E-state index in [0.29, 0.717) is 10.8 Å². The molecule has 118 valence electrons. The Kier molecular flexibility index (Phi) is 6.85. The smallest absolute Gasteiger partial charge is 0.232 e. The van der Waals surface area contributed by atoms with Gasteiger partial charge in [0.2, 0.25) is 5.91 Å². The Hall–Kier alpha value is -0.420. The fraction of sp³-hybridized carbons (Fsp3) is 0.533. The lowest BCUT2D eigenvalue weighted by molar-refractivity contribution is -0.131. The summed E-state index contributed by atoms with van der Waals surface area (Å²) in [6, 6.07) is 7.75. The quantitative estimate of drug-likeness (QED) is 0.851. The van der Waals surface area contributed by atoms with Crippen molar-refractivity contribution < 1.29 is 4.79 Å². The fourth-order valence-electron chi connectivity index (χ4n) is 2.35. The standard InChI is InChI=1S/C15H21ClN2OS.ClH/c1-15(2)10-18(8-7-13(15)17)14(19)9-20-12-5-3-11(16)4-6-12;/h3-6,13H,7-10,17H2,1-2H3;1H. The zero-order valence-electron chi connectivity index (χ0n) is 12.3. The van der Waals surface area contributed by atoms with E-state index in [-0.39, 0.29) is 29.8 Å². The molecule has 1 aromatic rings. The van der Waals surface area contributed by atoms with E-state index in [9.17, 15) is 4.79 Å². The molecule has 21 heavy (non-hydrogen) atoms. The average molecular weight is 349 g/mol. The number of hydrogen-bond donors (Lipinski definition) is 1. The van der Waals surface area contributed by atoms with E-state index in [1.54, 1.807) is 11.8 Å². The molecule has 1 saturated heterocycles. The number of halogens is 2. The van der Waals surface area contributed by atoms with Crippen LogP contribution in [-0.2, 0) is 4.79 Å². The second kappa shape index (κ2) is 7.73. The second-order valence-corrected chi connectivity index (χ2v) is 7.43. The van der Waals surface area contributed by atoms with E-state index in [1.165, 1.54) is 0 Å². The minimum Gasteiger partial charge on any atom is -0.341 e. The first-order chi connectivity index (χ1) is 9.38. The average Bonchev–Trinajstić information content (AvgIpc) is 2.41. The van der Waals surface area contributed by atoms with Crippen molar-refractivity contribution in [2.75, 3.05) is 18.8 Å². The van der Waals surface area contributed by atoms with Crippen LogP contribution in [0.4, 0.5) is 0 Å². The number of nitrogens with zero attached hydrogens (tertiary/aromatic N) is 1. The summed E-state index contributed by atoms with van der Waals surface area (Å²) in [6.45, 7) is 5.77. The molecule has 0 aromatic heterocycles. The molecule has 0 spiro atoms. The number of piperidine rings is 1. The molecule has 3 nitrogen and oxygen atoms in total. The number of nitrogens with two attached hydrogens (primary N) is 1. The van der Waals surface area contributed by atoms with Crippen LogP contribution in [0.3, 0.4) is 0 Å². The van der Waals surface area contributed by atoms with Gasteiger partial charge in [0.1, 0.15) is 0 Å². The van der Waals surface area contributed by atoms with Crippen molar-refractivity contribution in [1.29, 1.82) is 0 Å². The van der Waals surface area contributed by atoms with Crippen molar-refractivity contribution in [2.24, 2.45) is 11.1 Å². The van der Waals surface area contributed by atoms with Gasteiger partial charge in [-0.15, -0.1) is 24.2 Å². The Bertz CT molecular complexity index is 479. The highest BCUT2D eigenvalue weighted by atomic mass is 35.5. The SMILES string of the molecule is CC1(C)CN(C(=O)CSc2ccc(Cl)cc2)CCC1N.Cl. The maximum Gasteiger partial charge on any atom is 0.232 e. The number of thioether (sulfide) groups is 1. The van der Waals surface area contributed by atoms with Crippen LogP contribution in [-0.4, -0.2) is 35.7 Å². The van der Waals surface area contributed by atoms with Crippen LogP contribution in [0.2, 0.25) is 5.02 Å². The molecule has 0 radical (unpaired) electrons. The lowest BCUT2D eigenvalue weighted by Gasteiger charge is -2.42. The van der Waals surface area contributed by atoms with Gasteiger partial charge in [0.25, 0.3) is 0 Å². The molecule has 1 amide bonds. The third-order valence-corrected chi connectivity index (χ3v) is 5.09. The van der Waals surface area contributed by atoms with E-state index >= 15 is 0 Å². The van der Waals surface area contributed by atoms with Gasteiger partial charge in [-0.05, 0) is 36.1 Å². The molecular weight excluding hydrogens is 327 g/mol. The molecule has 2 N–H and O–H groups in total. The first-order valence-electron chi connectivity index (χ1n) is 6.80. The van der Waals surface area contributed by atoms with Crippen LogP contribution in [0.15, 0.2) is 29.2 Å². The summed E-state index contributed by atoms with van der Waals surface area (Å²) in [4.78, 5) is 15.3. The Labute approximate surface area is 142 Å². The van der Waals surface area contributed by atoms with Gasteiger partial charge in [0.15, 0.2) is 0 Å². The Morgan fingerprint density at radius 3 is 2.62 bits per heavy atom. The molecule has 0 aliphatic carbocycles. The summed E-state index contributed by atoms with van der Waals surface area (Å²) in [5.41, 5.74) is 6.10. The van der Waals surface area contributed by atoms with Crippen LogP contribution < -0.4 is 5.73 Å². The zero-order chi connectivity index (χ0) is 14.8. The monoisotopic (exact) mass is 348 g/mol. The van der Waals surface area contributed by atoms with E-state index in [0.717, 1.165) is 24.4 Å². The molecule has 1 aromatic carbocycles. The van der Waals surface area contributed by atoms with Crippen LogP contribution in [0.5, 0.6) is 0 Å². The molecular formula is C15H22Cl2N2OS. The highest BCUT2D eigenvalue weighted by Gasteiger charge is 2.35. The summed E-state index contributed by atoms with van der Waals surface area (Å²) in [5, 5.41) is 0.715. The normalized spacial score (nSPS) is 20.8. The summed E-state index contributed by atoms with van der Waals surface area (Å²) >= 11 is 7.40. The first kappa shape index (κ1) is 18.6. The topological polar surface area (TPSA) is 46.3 Å². The summed E-state index contributed by atoms with van der Waals surface area (Å²) in [7, 11) is 0. The molecule has 0 bridgehead atoms. The van der Waals surface area contributed by atoms with Gasteiger partial charge >= 0.3 is 0 Å². The Morgan fingerprint density at radius 1 is 1.43 bits per heavy atom. The van der Waals surface area contributed by atoms with Gasteiger partial charge in [-0.1, -0.05) is 25.4 Å². The summed E-state index contributed by atoms with van der Waals surface area (Å²) in [5.74, 6) is 0.650. The van der Waals surface area contributed by atoms with E-state index < -0.39 is 0 Å². The van der Waals surface area contributed by atoms with Crippen LogP contribution in [0, 0.1) is 5.41 Å². The summed E-state index contributed by atoms with van der Waals surface area (Å²) < 4.78 is 0. The third kappa shape index (κ3) is 5.06. The number of carbonyl (C=O) groups excluding carboxylic acids is 1. The van der Waals surface area contributed by atoms with E-state index in [1.807, 2.05) is 29.2 Å². The summed E-state index contributed by atoms with van der Waals surface area (Å²) in [6.07, 6.45) is 0.879. The van der Waals surface area contributed by atoms with Crippen molar-refractivity contribution in [3.05, 3.63) is 29.3 Å². The zero-order valence-corrected chi connectivity index (χ0v) is 14.7. The molecule has 6 heteroatoms. The van der Waals surface area contributed by atoms with E-state index in [2.05, 4.69) is 13.8 Å². The van der Waals surface area contributed by atoms with Crippen LogP contribution in [0.1, 0.15) is 20.3 Å². The lowest BCUT2D eigenvalue weighted by Crippen LogP contribution is -2.54.